The van der Waals surface area contributed by atoms with Gasteiger partial charge in [0.05, 0.1) is 13.2 Å². The number of benzene rings is 1. The second-order valence-corrected chi connectivity index (χ2v) is 8.38. The number of aryl methyl sites for hydroxylation is 2. The third-order valence-corrected chi connectivity index (χ3v) is 5.98. The third-order valence-electron chi connectivity index (χ3n) is 4.91. The van der Waals surface area contributed by atoms with Gasteiger partial charge >= 0.3 is 5.97 Å². The number of carbonyl (C=O) groups is 2. The predicted octanol–water partition coefficient (Wildman–Crippen LogP) is 4.03. The molecule has 1 fully saturated rings. The van der Waals surface area contributed by atoms with Gasteiger partial charge in [-0.25, -0.2) is 4.79 Å². The summed E-state index contributed by atoms with van der Waals surface area (Å²) in [6, 6.07) is 9.54. The molecule has 0 bridgehead atoms. The molecule has 1 aromatic heterocycles. The van der Waals surface area contributed by atoms with Crippen molar-refractivity contribution in [2.45, 2.75) is 39.7 Å². The SMILES string of the molecule is CCCc1cc(C(=O)O[C@@H](C)C(=O)Nc2ccc(N3CCOCC3)cc2)sc1C. The van der Waals surface area contributed by atoms with Crippen molar-refractivity contribution in [3.8, 4) is 0 Å². The molecule has 156 valence electrons. The Morgan fingerprint density at radius 2 is 1.93 bits per heavy atom. The molecular formula is C22H28N2O4S. The second-order valence-electron chi connectivity index (χ2n) is 7.13. The molecule has 1 aromatic carbocycles. The van der Waals surface area contributed by atoms with E-state index in [0.29, 0.717) is 10.6 Å². The van der Waals surface area contributed by atoms with Gasteiger partial charge in [-0.05, 0) is 56.2 Å². The van der Waals surface area contributed by atoms with Gasteiger partial charge in [0.25, 0.3) is 5.91 Å². The monoisotopic (exact) mass is 416 g/mol. The molecule has 7 heteroatoms. The summed E-state index contributed by atoms with van der Waals surface area (Å²) in [5.41, 5.74) is 2.94. The van der Waals surface area contributed by atoms with Gasteiger partial charge in [-0.15, -0.1) is 11.3 Å². The largest absolute Gasteiger partial charge is 0.448 e. The van der Waals surface area contributed by atoms with Gasteiger partial charge in [-0.3, -0.25) is 4.79 Å². The van der Waals surface area contributed by atoms with Crippen molar-refractivity contribution in [3.63, 3.8) is 0 Å². The number of hydrogen-bond acceptors (Lipinski definition) is 6. The zero-order valence-electron chi connectivity index (χ0n) is 17.2. The molecule has 1 N–H and O–H groups in total. The van der Waals surface area contributed by atoms with Crippen LogP contribution in [0.25, 0.3) is 0 Å². The van der Waals surface area contributed by atoms with Crippen LogP contribution in [0.2, 0.25) is 0 Å². The van der Waals surface area contributed by atoms with E-state index in [1.165, 1.54) is 16.9 Å². The maximum atomic E-state index is 12.4. The highest BCUT2D eigenvalue weighted by Gasteiger charge is 2.21. The number of hydrogen-bond donors (Lipinski definition) is 1. The maximum Gasteiger partial charge on any atom is 0.349 e. The smallest absolute Gasteiger partial charge is 0.349 e. The quantitative estimate of drug-likeness (QED) is 0.690. The Morgan fingerprint density at radius 1 is 1.24 bits per heavy atom. The Kier molecular flexibility index (Phi) is 7.28. The van der Waals surface area contributed by atoms with Crippen LogP contribution < -0.4 is 10.2 Å². The Morgan fingerprint density at radius 3 is 2.59 bits per heavy atom. The van der Waals surface area contributed by atoms with E-state index in [0.717, 1.165) is 49.7 Å². The van der Waals surface area contributed by atoms with Crippen molar-refractivity contribution < 1.29 is 19.1 Å². The van der Waals surface area contributed by atoms with Crippen molar-refractivity contribution in [2.24, 2.45) is 0 Å². The Hall–Kier alpha value is -2.38. The molecule has 3 rings (SSSR count). The van der Waals surface area contributed by atoms with Gasteiger partial charge in [0.15, 0.2) is 6.10 Å². The standard InChI is InChI=1S/C22H28N2O4S/c1-4-5-17-14-20(29-16(17)3)22(26)28-15(2)21(25)23-18-6-8-19(9-7-18)24-10-12-27-13-11-24/h6-9,14-15H,4-5,10-13H2,1-3H3,(H,23,25)/t15-/m0/s1. The van der Waals surface area contributed by atoms with Crippen molar-refractivity contribution in [1.82, 2.24) is 0 Å². The molecule has 1 aliphatic rings. The predicted molar refractivity (Wildman–Crippen MR) is 116 cm³/mol. The average Bonchev–Trinajstić information content (AvgIpc) is 3.10. The highest BCUT2D eigenvalue weighted by molar-refractivity contribution is 7.14. The van der Waals surface area contributed by atoms with Crippen LogP contribution in [0, 0.1) is 6.92 Å². The van der Waals surface area contributed by atoms with Gasteiger partial charge in [0.1, 0.15) is 4.88 Å². The number of ether oxygens (including phenoxy) is 2. The summed E-state index contributed by atoms with van der Waals surface area (Å²) in [5, 5.41) is 2.81. The Bertz CT molecular complexity index is 841. The van der Waals surface area contributed by atoms with E-state index < -0.39 is 12.1 Å². The molecule has 0 radical (unpaired) electrons. The molecule has 2 heterocycles. The van der Waals surface area contributed by atoms with E-state index in [9.17, 15) is 9.59 Å². The van der Waals surface area contributed by atoms with Crippen molar-refractivity contribution in [1.29, 1.82) is 0 Å². The molecule has 1 aliphatic heterocycles. The van der Waals surface area contributed by atoms with E-state index in [2.05, 4.69) is 17.1 Å². The van der Waals surface area contributed by atoms with Gasteiger partial charge in [-0.1, -0.05) is 13.3 Å². The molecule has 29 heavy (non-hydrogen) atoms. The summed E-state index contributed by atoms with van der Waals surface area (Å²) in [6.07, 6.45) is 1.08. The topological polar surface area (TPSA) is 67.9 Å². The van der Waals surface area contributed by atoms with Crippen LogP contribution >= 0.6 is 11.3 Å². The fraction of sp³-hybridized carbons (Fsp3) is 0.455. The minimum absolute atomic E-state index is 0.348. The minimum atomic E-state index is -0.876. The zero-order chi connectivity index (χ0) is 20.8. The average molecular weight is 417 g/mol. The summed E-state index contributed by atoms with van der Waals surface area (Å²) in [7, 11) is 0. The van der Waals surface area contributed by atoms with Crippen molar-refractivity contribution in [3.05, 3.63) is 45.6 Å². The highest BCUT2D eigenvalue weighted by atomic mass is 32.1. The number of amides is 1. The summed E-state index contributed by atoms with van der Waals surface area (Å²) in [5.74, 6) is -0.801. The second kappa shape index (κ2) is 9.89. The molecular weight excluding hydrogens is 388 g/mol. The Labute approximate surface area is 175 Å². The van der Waals surface area contributed by atoms with Crippen LogP contribution in [-0.2, 0) is 20.7 Å². The summed E-state index contributed by atoms with van der Waals surface area (Å²) in [4.78, 5) is 28.7. The van der Waals surface area contributed by atoms with Crippen molar-refractivity contribution >= 4 is 34.6 Å². The normalized spacial score (nSPS) is 15.1. The van der Waals surface area contributed by atoms with Crippen molar-refractivity contribution in [2.75, 3.05) is 36.5 Å². The zero-order valence-corrected chi connectivity index (χ0v) is 18.0. The fourth-order valence-electron chi connectivity index (χ4n) is 3.23. The summed E-state index contributed by atoms with van der Waals surface area (Å²) < 4.78 is 10.7. The lowest BCUT2D eigenvalue weighted by atomic mass is 10.1. The maximum absolute atomic E-state index is 12.4. The molecule has 0 aliphatic carbocycles. The number of morpholine rings is 1. The summed E-state index contributed by atoms with van der Waals surface area (Å²) in [6.45, 7) is 8.87. The van der Waals surface area contributed by atoms with E-state index in [4.69, 9.17) is 9.47 Å². The number of anilines is 2. The number of esters is 1. The van der Waals surface area contributed by atoms with E-state index in [1.54, 1.807) is 6.92 Å². The Balaban J connectivity index is 1.54. The summed E-state index contributed by atoms with van der Waals surface area (Å²) >= 11 is 1.42. The van der Waals surface area contributed by atoms with E-state index >= 15 is 0 Å². The van der Waals surface area contributed by atoms with Gasteiger partial charge in [-0.2, -0.15) is 0 Å². The van der Waals surface area contributed by atoms with Crippen LogP contribution in [0.1, 0.15) is 40.4 Å². The third kappa shape index (κ3) is 5.58. The van der Waals surface area contributed by atoms with Gasteiger partial charge in [0.2, 0.25) is 0 Å². The molecule has 0 spiro atoms. The first-order chi connectivity index (χ1) is 14.0. The number of nitrogens with zero attached hydrogens (tertiary/aromatic N) is 1. The molecule has 1 amide bonds. The first kappa shape index (κ1) is 21.3. The fourth-order valence-corrected chi connectivity index (χ4v) is 4.19. The lowest BCUT2D eigenvalue weighted by molar-refractivity contribution is -0.123. The minimum Gasteiger partial charge on any atom is -0.448 e. The van der Waals surface area contributed by atoms with Gasteiger partial charge < -0.3 is 19.7 Å². The van der Waals surface area contributed by atoms with Crippen LogP contribution in [0.4, 0.5) is 11.4 Å². The number of rotatable bonds is 7. The molecule has 0 saturated carbocycles. The highest BCUT2D eigenvalue weighted by Crippen LogP contribution is 2.24. The molecule has 2 aromatic rings. The first-order valence-electron chi connectivity index (χ1n) is 10.0. The van der Waals surface area contributed by atoms with Crippen LogP contribution in [0.3, 0.4) is 0 Å². The molecule has 1 saturated heterocycles. The first-order valence-corrected chi connectivity index (χ1v) is 10.8. The lowest BCUT2D eigenvalue weighted by Gasteiger charge is -2.28. The molecule has 0 unspecified atom stereocenters. The molecule has 1 atom stereocenters. The van der Waals surface area contributed by atoms with Crippen LogP contribution in [-0.4, -0.2) is 44.3 Å². The number of nitrogens with one attached hydrogen (secondary N) is 1. The molecule has 6 nitrogen and oxygen atoms in total. The van der Waals surface area contributed by atoms with Gasteiger partial charge in [0, 0.05) is 29.3 Å². The lowest BCUT2D eigenvalue weighted by Crippen LogP contribution is -2.36. The van der Waals surface area contributed by atoms with E-state index in [1.807, 2.05) is 37.3 Å². The number of thiophene rings is 1. The van der Waals surface area contributed by atoms with E-state index in [-0.39, 0.29) is 5.91 Å². The number of carbonyl (C=O) groups excluding carboxylic acids is 2. The van der Waals surface area contributed by atoms with Crippen LogP contribution in [0.5, 0.6) is 0 Å². The van der Waals surface area contributed by atoms with Crippen LogP contribution in [0.15, 0.2) is 30.3 Å².